The number of hydrogen-bond donors (Lipinski definition) is 1. The van der Waals surface area contributed by atoms with E-state index >= 15 is 0 Å². The van der Waals surface area contributed by atoms with Gasteiger partial charge in [-0.3, -0.25) is 14.3 Å². The SMILES string of the molecule is Cn1nc(-c2ccc(F)cc2)cc1C(=O)NC1CC(=O)N(C2CC2)C1. The van der Waals surface area contributed by atoms with Crippen LogP contribution in [0.2, 0.25) is 0 Å². The fraction of sp³-hybridized carbons (Fsp3) is 0.389. The summed E-state index contributed by atoms with van der Waals surface area (Å²) in [6.45, 7) is 0.581. The molecule has 1 aromatic carbocycles. The number of nitrogens with zero attached hydrogens (tertiary/aromatic N) is 3. The minimum atomic E-state index is -0.316. The van der Waals surface area contributed by atoms with Crippen LogP contribution in [0.3, 0.4) is 0 Å². The molecule has 130 valence electrons. The highest BCUT2D eigenvalue weighted by Gasteiger charge is 2.39. The van der Waals surface area contributed by atoms with Gasteiger partial charge >= 0.3 is 0 Å². The third-order valence-corrected chi connectivity index (χ3v) is 4.73. The number of halogens is 1. The highest BCUT2D eigenvalue weighted by atomic mass is 19.1. The van der Waals surface area contributed by atoms with Gasteiger partial charge in [0.25, 0.3) is 5.91 Å². The van der Waals surface area contributed by atoms with E-state index in [1.54, 1.807) is 25.2 Å². The molecule has 1 aromatic heterocycles. The molecule has 0 spiro atoms. The molecule has 7 heteroatoms. The lowest BCUT2D eigenvalue weighted by Crippen LogP contribution is -2.38. The third kappa shape index (κ3) is 3.14. The quantitative estimate of drug-likeness (QED) is 0.920. The predicted octanol–water partition coefficient (Wildman–Crippen LogP) is 1.72. The summed E-state index contributed by atoms with van der Waals surface area (Å²) >= 11 is 0. The number of likely N-dealkylation sites (tertiary alicyclic amines) is 1. The van der Waals surface area contributed by atoms with E-state index in [0.29, 0.717) is 30.4 Å². The molecule has 1 saturated carbocycles. The maximum atomic E-state index is 13.0. The van der Waals surface area contributed by atoms with Crippen molar-refractivity contribution in [2.45, 2.75) is 31.3 Å². The Balaban J connectivity index is 1.47. The van der Waals surface area contributed by atoms with E-state index in [9.17, 15) is 14.0 Å². The Bertz CT molecular complexity index is 826. The molecule has 4 rings (SSSR count). The minimum Gasteiger partial charge on any atom is -0.346 e. The van der Waals surface area contributed by atoms with Crippen molar-refractivity contribution in [2.24, 2.45) is 7.05 Å². The molecular weight excluding hydrogens is 323 g/mol. The summed E-state index contributed by atoms with van der Waals surface area (Å²) in [6, 6.07) is 7.87. The lowest BCUT2D eigenvalue weighted by atomic mass is 10.1. The zero-order chi connectivity index (χ0) is 17.6. The molecule has 2 fully saturated rings. The first-order valence-electron chi connectivity index (χ1n) is 8.41. The van der Waals surface area contributed by atoms with Gasteiger partial charge in [-0.05, 0) is 43.2 Å². The lowest BCUT2D eigenvalue weighted by molar-refractivity contribution is -0.128. The van der Waals surface area contributed by atoms with Crippen LogP contribution in [-0.2, 0) is 11.8 Å². The van der Waals surface area contributed by atoms with Gasteiger partial charge in [0.1, 0.15) is 11.5 Å². The number of rotatable bonds is 4. The van der Waals surface area contributed by atoms with Crippen LogP contribution in [0.5, 0.6) is 0 Å². The van der Waals surface area contributed by atoms with Gasteiger partial charge in [-0.2, -0.15) is 5.10 Å². The van der Waals surface area contributed by atoms with Crippen LogP contribution in [0.15, 0.2) is 30.3 Å². The fourth-order valence-electron chi connectivity index (χ4n) is 3.27. The summed E-state index contributed by atoms with van der Waals surface area (Å²) in [5.74, 6) is -0.451. The first-order valence-corrected chi connectivity index (χ1v) is 8.41. The topological polar surface area (TPSA) is 67.2 Å². The maximum Gasteiger partial charge on any atom is 0.269 e. The molecule has 2 amide bonds. The van der Waals surface area contributed by atoms with Gasteiger partial charge in [0, 0.05) is 31.6 Å². The van der Waals surface area contributed by atoms with E-state index < -0.39 is 0 Å². The molecule has 2 aromatic rings. The van der Waals surface area contributed by atoms with E-state index in [1.807, 2.05) is 4.90 Å². The van der Waals surface area contributed by atoms with Gasteiger partial charge < -0.3 is 10.2 Å². The Kier molecular flexibility index (Phi) is 3.78. The van der Waals surface area contributed by atoms with Crippen molar-refractivity contribution < 1.29 is 14.0 Å². The summed E-state index contributed by atoms with van der Waals surface area (Å²) in [5.41, 5.74) is 1.76. The Hall–Kier alpha value is -2.70. The second-order valence-electron chi connectivity index (χ2n) is 6.70. The molecular formula is C18H19FN4O2. The zero-order valence-electron chi connectivity index (χ0n) is 13.9. The predicted molar refractivity (Wildman–Crippen MR) is 89.2 cm³/mol. The molecule has 6 nitrogen and oxygen atoms in total. The van der Waals surface area contributed by atoms with Crippen LogP contribution in [0, 0.1) is 5.82 Å². The number of aryl methyl sites for hydroxylation is 1. The van der Waals surface area contributed by atoms with Crippen molar-refractivity contribution in [1.82, 2.24) is 20.0 Å². The molecule has 2 heterocycles. The summed E-state index contributed by atoms with van der Waals surface area (Å²) in [6.07, 6.45) is 2.48. The number of amides is 2. The van der Waals surface area contributed by atoms with E-state index in [-0.39, 0.29) is 23.7 Å². The van der Waals surface area contributed by atoms with Crippen molar-refractivity contribution in [2.75, 3.05) is 6.54 Å². The Morgan fingerprint density at radius 3 is 2.68 bits per heavy atom. The van der Waals surface area contributed by atoms with Crippen molar-refractivity contribution in [3.05, 3.63) is 41.8 Å². The van der Waals surface area contributed by atoms with Crippen molar-refractivity contribution in [3.8, 4) is 11.3 Å². The second kappa shape index (κ2) is 5.98. The van der Waals surface area contributed by atoms with Crippen molar-refractivity contribution in [1.29, 1.82) is 0 Å². The number of carbonyl (C=O) groups is 2. The highest BCUT2D eigenvalue weighted by molar-refractivity contribution is 5.94. The van der Waals surface area contributed by atoms with E-state index in [1.165, 1.54) is 16.8 Å². The van der Waals surface area contributed by atoms with Crippen LogP contribution in [0.1, 0.15) is 29.8 Å². The van der Waals surface area contributed by atoms with Gasteiger partial charge in [0.05, 0.1) is 11.7 Å². The molecule has 1 aliphatic carbocycles. The largest absolute Gasteiger partial charge is 0.346 e. The average Bonchev–Trinajstić information content (AvgIpc) is 3.25. The van der Waals surface area contributed by atoms with E-state index in [2.05, 4.69) is 10.4 Å². The molecule has 1 unspecified atom stereocenters. The van der Waals surface area contributed by atoms with Crippen molar-refractivity contribution >= 4 is 11.8 Å². The molecule has 0 radical (unpaired) electrons. The number of carbonyl (C=O) groups excluding carboxylic acids is 2. The Morgan fingerprint density at radius 1 is 1.28 bits per heavy atom. The summed E-state index contributed by atoms with van der Waals surface area (Å²) in [5, 5.41) is 7.26. The number of aromatic nitrogens is 2. The molecule has 1 saturated heterocycles. The molecule has 0 bridgehead atoms. The summed E-state index contributed by atoms with van der Waals surface area (Å²) < 4.78 is 14.5. The van der Waals surface area contributed by atoms with Crippen LogP contribution in [0.4, 0.5) is 4.39 Å². The standard InChI is InChI=1S/C18H19FN4O2/c1-22-16(9-15(21-22)11-2-4-12(19)5-3-11)18(25)20-13-8-17(24)23(10-13)14-6-7-14/h2-5,9,13-14H,6-8,10H2,1H3,(H,20,25). The zero-order valence-corrected chi connectivity index (χ0v) is 13.9. The third-order valence-electron chi connectivity index (χ3n) is 4.73. The number of nitrogens with one attached hydrogen (secondary N) is 1. The molecule has 25 heavy (non-hydrogen) atoms. The van der Waals surface area contributed by atoms with Gasteiger partial charge in [-0.1, -0.05) is 0 Å². The van der Waals surface area contributed by atoms with Crippen LogP contribution < -0.4 is 5.32 Å². The first kappa shape index (κ1) is 15.8. The van der Waals surface area contributed by atoms with E-state index in [4.69, 9.17) is 0 Å². The van der Waals surface area contributed by atoms with Gasteiger partial charge in [-0.25, -0.2) is 4.39 Å². The summed E-state index contributed by atoms with van der Waals surface area (Å²) in [7, 11) is 1.69. The van der Waals surface area contributed by atoms with Crippen LogP contribution in [-0.4, -0.2) is 45.1 Å². The van der Waals surface area contributed by atoms with Crippen molar-refractivity contribution in [3.63, 3.8) is 0 Å². The Labute approximate surface area is 144 Å². The van der Waals surface area contributed by atoms with Crippen LogP contribution in [0.25, 0.3) is 11.3 Å². The first-order chi connectivity index (χ1) is 12.0. The lowest BCUT2D eigenvalue weighted by Gasteiger charge is -2.16. The fourth-order valence-corrected chi connectivity index (χ4v) is 3.27. The number of hydrogen-bond acceptors (Lipinski definition) is 3. The monoisotopic (exact) mass is 342 g/mol. The molecule has 1 N–H and O–H groups in total. The van der Waals surface area contributed by atoms with Gasteiger partial charge in [0.15, 0.2) is 0 Å². The minimum absolute atomic E-state index is 0.116. The molecule has 1 atom stereocenters. The van der Waals surface area contributed by atoms with Gasteiger partial charge in [-0.15, -0.1) is 0 Å². The van der Waals surface area contributed by atoms with Gasteiger partial charge in [0.2, 0.25) is 5.91 Å². The van der Waals surface area contributed by atoms with Crippen LogP contribution >= 0.6 is 0 Å². The summed E-state index contributed by atoms with van der Waals surface area (Å²) in [4.78, 5) is 26.4. The normalized spacial score (nSPS) is 20.2. The Morgan fingerprint density at radius 2 is 2.00 bits per heavy atom. The maximum absolute atomic E-state index is 13.0. The average molecular weight is 342 g/mol. The number of benzene rings is 1. The highest BCUT2D eigenvalue weighted by Crippen LogP contribution is 2.30. The smallest absolute Gasteiger partial charge is 0.269 e. The second-order valence-corrected chi connectivity index (χ2v) is 6.70. The molecule has 1 aliphatic heterocycles. The van der Waals surface area contributed by atoms with E-state index in [0.717, 1.165) is 18.4 Å². The molecule has 2 aliphatic rings.